The fourth-order valence-electron chi connectivity index (χ4n) is 3.44. The van der Waals surface area contributed by atoms with Crippen LogP contribution in [0, 0.1) is 11.3 Å². The predicted octanol–water partition coefficient (Wildman–Crippen LogP) is 5.10. The number of para-hydroxylation sites is 1. The molecule has 0 radical (unpaired) electrons. The maximum Gasteiger partial charge on any atom is 0.266 e. The fourth-order valence-corrected chi connectivity index (χ4v) is 3.44. The Bertz CT molecular complexity index is 1370. The lowest BCUT2D eigenvalue weighted by Crippen LogP contribution is -2.13. The number of carbonyl (C=O) groups excluding carboxylic acids is 1. The first-order valence-electron chi connectivity index (χ1n) is 10.5. The molecule has 0 aliphatic rings. The molecule has 4 rings (SSSR count). The van der Waals surface area contributed by atoms with Gasteiger partial charge in [0.1, 0.15) is 11.6 Å². The quantitative estimate of drug-likeness (QED) is 0.312. The van der Waals surface area contributed by atoms with Gasteiger partial charge >= 0.3 is 0 Å². The van der Waals surface area contributed by atoms with Crippen LogP contribution in [0.2, 0.25) is 0 Å². The van der Waals surface area contributed by atoms with Gasteiger partial charge in [-0.15, -0.1) is 0 Å². The van der Waals surface area contributed by atoms with Crippen LogP contribution in [0.5, 0.6) is 11.5 Å². The molecule has 1 heterocycles. The number of nitrogens with one attached hydrogen (secondary N) is 1. The number of nitrogens with zero attached hydrogens (tertiary/aromatic N) is 3. The van der Waals surface area contributed by atoms with Gasteiger partial charge in [-0.05, 0) is 30.3 Å². The van der Waals surface area contributed by atoms with Crippen molar-refractivity contribution in [3.8, 4) is 34.5 Å². The van der Waals surface area contributed by atoms with Crippen LogP contribution in [0.25, 0.3) is 23.0 Å². The summed E-state index contributed by atoms with van der Waals surface area (Å²) in [6.07, 6.45) is 3.35. The van der Waals surface area contributed by atoms with Crippen molar-refractivity contribution in [1.82, 2.24) is 9.78 Å². The van der Waals surface area contributed by atoms with Gasteiger partial charge in [-0.3, -0.25) is 4.79 Å². The summed E-state index contributed by atoms with van der Waals surface area (Å²) in [6, 6.07) is 26.3. The van der Waals surface area contributed by atoms with Gasteiger partial charge in [-0.1, -0.05) is 48.5 Å². The van der Waals surface area contributed by atoms with Crippen molar-refractivity contribution in [3.63, 3.8) is 0 Å². The summed E-state index contributed by atoms with van der Waals surface area (Å²) in [4.78, 5) is 12.9. The standard InChI is InChI=1S/C27H22N4O3/c1-33-24-14-13-22(16-25(24)34-2)29-27(32)20(17-28)15-21-18-31(23-11-7-4-8-12-23)30-26(21)19-9-5-3-6-10-19/h3-16,18H,1-2H3,(H,29,32)/b20-15+. The maximum absolute atomic E-state index is 12.9. The van der Waals surface area contributed by atoms with Crippen LogP contribution >= 0.6 is 0 Å². The smallest absolute Gasteiger partial charge is 0.266 e. The Morgan fingerprint density at radius 1 is 0.971 bits per heavy atom. The fraction of sp³-hybridized carbons (Fsp3) is 0.0741. The molecule has 0 unspecified atom stereocenters. The Morgan fingerprint density at radius 3 is 2.29 bits per heavy atom. The Labute approximate surface area is 197 Å². The molecule has 0 bridgehead atoms. The van der Waals surface area contributed by atoms with Crippen molar-refractivity contribution in [3.05, 3.63) is 96.2 Å². The third-order valence-electron chi connectivity index (χ3n) is 5.12. The summed E-state index contributed by atoms with van der Waals surface area (Å²) in [6.45, 7) is 0. The molecule has 0 saturated heterocycles. The van der Waals surface area contributed by atoms with E-state index in [1.807, 2.05) is 66.7 Å². The number of amides is 1. The zero-order valence-corrected chi connectivity index (χ0v) is 18.7. The van der Waals surface area contributed by atoms with Crippen LogP contribution in [0.4, 0.5) is 5.69 Å². The maximum atomic E-state index is 12.9. The van der Waals surface area contributed by atoms with Crippen molar-refractivity contribution < 1.29 is 14.3 Å². The molecular weight excluding hydrogens is 428 g/mol. The van der Waals surface area contributed by atoms with Gasteiger partial charge in [-0.2, -0.15) is 10.4 Å². The van der Waals surface area contributed by atoms with Gasteiger partial charge in [0.2, 0.25) is 0 Å². The molecule has 0 fully saturated rings. The van der Waals surface area contributed by atoms with E-state index in [-0.39, 0.29) is 5.57 Å². The molecule has 3 aromatic carbocycles. The summed E-state index contributed by atoms with van der Waals surface area (Å²) in [5.74, 6) is 0.469. The van der Waals surface area contributed by atoms with Crippen molar-refractivity contribution in [1.29, 1.82) is 5.26 Å². The normalized spacial score (nSPS) is 10.9. The average Bonchev–Trinajstić information content (AvgIpc) is 3.32. The Hall–Kier alpha value is -4.83. The molecule has 0 aliphatic heterocycles. The first-order valence-corrected chi connectivity index (χ1v) is 10.5. The number of nitriles is 1. The first-order chi connectivity index (χ1) is 16.6. The summed E-state index contributed by atoms with van der Waals surface area (Å²) in [5.41, 5.74) is 3.48. The second-order valence-electron chi connectivity index (χ2n) is 7.27. The molecule has 0 saturated carbocycles. The molecule has 0 aliphatic carbocycles. The number of methoxy groups -OCH3 is 2. The number of aromatic nitrogens is 2. The number of rotatable bonds is 7. The largest absolute Gasteiger partial charge is 0.493 e. The highest BCUT2D eigenvalue weighted by molar-refractivity contribution is 6.10. The molecule has 0 spiro atoms. The van der Waals surface area contributed by atoms with Gasteiger partial charge in [0.05, 0.1) is 25.6 Å². The summed E-state index contributed by atoms with van der Waals surface area (Å²) >= 11 is 0. The van der Waals surface area contributed by atoms with Crippen LogP contribution in [0.15, 0.2) is 90.6 Å². The minimum Gasteiger partial charge on any atom is -0.493 e. The molecule has 0 atom stereocenters. The lowest BCUT2D eigenvalue weighted by atomic mass is 10.1. The van der Waals surface area contributed by atoms with E-state index >= 15 is 0 Å². The number of hydrogen-bond acceptors (Lipinski definition) is 5. The van der Waals surface area contributed by atoms with Crippen LogP contribution in [-0.2, 0) is 4.79 Å². The summed E-state index contributed by atoms with van der Waals surface area (Å²) in [7, 11) is 3.05. The van der Waals surface area contributed by atoms with Gasteiger partial charge < -0.3 is 14.8 Å². The van der Waals surface area contributed by atoms with E-state index in [0.29, 0.717) is 28.4 Å². The molecule has 1 N–H and O–H groups in total. The average molecular weight is 450 g/mol. The molecular formula is C27H22N4O3. The summed E-state index contributed by atoms with van der Waals surface area (Å²) in [5, 5.41) is 17.2. The van der Waals surface area contributed by atoms with E-state index in [1.54, 1.807) is 35.2 Å². The van der Waals surface area contributed by atoms with Crippen molar-refractivity contribution >= 4 is 17.7 Å². The number of benzene rings is 3. The zero-order valence-electron chi connectivity index (χ0n) is 18.7. The number of carbonyl (C=O) groups is 1. The van der Waals surface area contributed by atoms with Gasteiger partial charge in [0.25, 0.3) is 5.91 Å². The van der Waals surface area contributed by atoms with E-state index < -0.39 is 5.91 Å². The van der Waals surface area contributed by atoms with Gasteiger partial charge in [-0.25, -0.2) is 4.68 Å². The highest BCUT2D eigenvalue weighted by Gasteiger charge is 2.16. The minimum absolute atomic E-state index is 0.0559. The van der Waals surface area contributed by atoms with E-state index in [2.05, 4.69) is 5.32 Å². The SMILES string of the molecule is COc1ccc(NC(=O)/C(C#N)=C/c2cn(-c3ccccc3)nc2-c2ccccc2)cc1OC. The minimum atomic E-state index is -0.541. The van der Waals surface area contributed by atoms with Crippen molar-refractivity contribution in [2.24, 2.45) is 0 Å². The van der Waals surface area contributed by atoms with E-state index in [9.17, 15) is 10.1 Å². The van der Waals surface area contributed by atoms with Crippen molar-refractivity contribution in [2.75, 3.05) is 19.5 Å². The second kappa shape index (κ2) is 10.2. The van der Waals surface area contributed by atoms with Crippen LogP contribution in [-0.4, -0.2) is 29.9 Å². The van der Waals surface area contributed by atoms with E-state index in [1.165, 1.54) is 14.2 Å². The lowest BCUT2D eigenvalue weighted by Gasteiger charge is -2.10. The Kier molecular flexibility index (Phi) is 6.70. The zero-order chi connectivity index (χ0) is 23.9. The number of hydrogen-bond donors (Lipinski definition) is 1. The lowest BCUT2D eigenvalue weighted by molar-refractivity contribution is -0.112. The monoisotopic (exact) mass is 450 g/mol. The molecule has 1 amide bonds. The number of ether oxygens (including phenoxy) is 2. The van der Waals surface area contributed by atoms with E-state index in [0.717, 1.165) is 11.3 Å². The first kappa shape index (κ1) is 22.4. The predicted molar refractivity (Wildman–Crippen MR) is 131 cm³/mol. The van der Waals surface area contributed by atoms with E-state index in [4.69, 9.17) is 14.6 Å². The van der Waals surface area contributed by atoms with Gasteiger partial charge in [0.15, 0.2) is 11.5 Å². The molecule has 1 aromatic heterocycles. The summed E-state index contributed by atoms with van der Waals surface area (Å²) < 4.78 is 12.2. The molecule has 4 aromatic rings. The van der Waals surface area contributed by atoms with Crippen LogP contribution < -0.4 is 14.8 Å². The molecule has 7 nitrogen and oxygen atoms in total. The van der Waals surface area contributed by atoms with Crippen LogP contribution in [0.3, 0.4) is 0 Å². The molecule has 168 valence electrons. The number of anilines is 1. The third-order valence-corrected chi connectivity index (χ3v) is 5.12. The Balaban J connectivity index is 1.70. The second-order valence-corrected chi connectivity index (χ2v) is 7.27. The molecule has 7 heteroatoms. The van der Waals surface area contributed by atoms with Gasteiger partial charge in [0, 0.05) is 29.1 Å². The van der Waals surface area contributed by atoms with Crippen LogP contribution in [0.1, 0.15) is 5.56 Å². The van der Waals surface area contributed by atoms with Crippen molar-refractivity contribution in [2.45, 2.75) is 0 Å². The Morgan fingerprint density at radius 2 is 1.65 bits per heavy atom. The highest BCUT2D eigenvalue weighted by atomic mass is 16.5. The topological polar surface area (TPSA) is 89.2 Å². The highest BCUT2D eigenvalue weighted by Crippen LogP contribution is 2.30. The molecule has 34 heavy (non-hydrogen) atoms. The third kappa shape index (κ3) is 4.81.